The normalized spacial score (nSPS) is 13.4. The Balaban J connectivity index is 2.22. The fourth-order valence-corrected chi connectivity index (χ4v) is 1.50. The minimum atomic E-state index is -0.161. The van der Waals surface area contributed by atoms with Crippen LogP contribution in [0.3, 0.4) is 0 Å². The molecular formula is C12H22N4O. The second-order valence-corrected chi connectivity index (χ2v) is 5.24. The third-order valence-corrected chi connectivity index (χ3v) is 2.31. The van der Waals surface area contributed by atoms with Gasteiger partial charge >= 0.3 is 0 Å². The van der Waals surface area contributed by atoms with Crippen LogP contribution in [0.2, 0.25) is 0 Å². The third kappa shape index (κ3) is 5.49. The number of nitrogens with one attached hydrogen (secondary N) is 3. The average Bonchev–Trinajstić information content (AvgIpc) is 2.66. The number of H-pyrrole nitrogens is 1. The number of nitrogens with zero attached hydrogens (tertiary/aromatic N) is 1. The standard InChI is InChI=1S/C12H22N4O/c1-9(10-5-8-14-16-10)13-7-6-11(17)15-12(2,3)4/h5,8-9,13H,6-7H2,1-4H3,(H,14,16)(H,15,17). The number of hydrogen-bond acceptors (Lipinski definition) is 3. The molecule has 5 heteroatoms. The Kier molecular flexibility index (Phi) is 4.69. The van der Waals surface area contributed by atoms with Gasteiger partial charge in [-0.25, -0.2) is 0 Å². The van der Waals surface area contributed by atoms with Gasteiger partial charge in [0.25, 0.3) is 0 Å². The van der Waals surface area contributed by atoms with Crippen molar-refractivity contribution in [3.05, 3.63) is 18.0 Å². The molecule has 96 valence electrons. The number of hydrogen-bond donors (Lipinski definition) is 3. The van der Waals surface area contributed by atoms with Crippen molar-refractivity contribution in [2.75, 3.05) is 6.54 Å². The predicted octanol–water partition coefficient (Wildman–Crippen LogP) is 1.37. The van der Waals surface area contributed by atoms with Crippen molar-refractivity contribution in [3.63, 3.8) is 0 Å². The molecule has 1 aromatic heterocycles. The smallest absolute Gasteiger partial charge is 0.221 e. The second kappa shape index (κ2) is 5.82. The molecule has 0 saturated carbocycles. The zero-order chi connectivity index (χ0) is 12.9. The molecule has 0 radical (unpaired) electrons. The molecule has 0 spiro atoms. The van der Waals surface area contributed by atoms with Gasteiger partial charge in [-0.3, -0.25) is 9.89 Å². The summed E-state index contributed by atoms with van der Waals surface area (Å²) >= 11 is 0. The third-order valence-electron chi connectivity index (χ3n) is 2.31. The van der Waals surface area contributed by atoms with Crippen LogP contribution in [0.5, 0.6) is 0 Å². The van der Waals surface area contributed by atoms with E-state index in [9.17, 15) is 4.79 Å². The summed E-state index contributed by atoms with van der Waals surface area (Å²) in [5, 5.41) is 13.0. The molecule has 3 N–H and O–H groups in total. The number of amides is 1. The van der Waals surface area contributed by atoms with Crippen molar-refractivity contribution in [3.8, 4) is 0 Å². The topological polar surface area (TPSA) is 69.8 Å². The SMILES string of the molecule is CC(NCCC(=O)NC(C)(C)C)c1ccn[nH]1. The fourth-order valence-electron chi connectivity index (χ4n) is 1.50. The van der Waals surface area contributed by atoms with E-state index in [0.717, 1.165) is 5.69 Å². The maximum absolute atomic E-state index is 11.6. The van der Waals surface area contributed by atoms with Gasteiger partial charge in [0.05, 0.1) is 5.69 Å². The van der Waals surface area contributed by atoms with Gasteiger partial charge in [-0.1, -0.05) is 0 Å². The van der Waals surface area contributed by atoms with Crippen LogP contribution in [0.25, 0.3) is 0 Å². The lowest BCUT2D eigenvalue weighted by molar-refractivity contribution is -0.122. The highest BCUT2D eigenvalue weighted by molar-refractivity contribution is 5.76. The summed E-state index contributed by atoms with van der Waals surface area (Å²) < 4.78 is 0. The van der Waals surface area contributed by atoms with Crippen molar-refractivity contribution < 1.29 is 4.79 Å². The van der Waals surface area contributed by atoms with Crippen LogP contribution in [0, 0.1) is 0 Å². The van der Waals surface area contributed by atoms with Gasteiger partial charge in [0.2, 0.25) is 5.91 Å². The highest BCUT2D eigenvalue weighted by Gasteiger charge is 2.13. The molecule has 0 aromatic carbocycles. The summed E-state index contributed by atoms with van der Waals surface area (Å²) in [6, 6.07) is 2.10. The van der Waals surface area contributed by atoms with Crippen LogP contribution in [0.1, 0.15) is 45.9 Å². The molecule has 1 atom stereocenters. The fraction of sp³-hybridized carbons (Fsp3) is 0.667. The van der Waals surface area contributed by atoms with Gasteiger partial charge in [0.15, 0.2) is 0 Å². The first kappa shape index (κ1) is 13.7. The van der Waals surface area contributed by atoms with Gasteiger partial charge in [-0.2, -0.15) is 5.10 Å². The van der Waals surface area contributed by atoms with E-state index in [2.05, 4.69) is 20.8 Å². The summed E-state index contributed by atoms with van der Waals surface area (Å²) in [7, 11) is 0. The summed E-state index contributed by atoms with van der Waals surface area (Å²) in [6.45, 7) is 8.62. The van der Waals surface area contributed by atoms with Crippen molar-refractivity contribution >= 4 is 5.91 Å². The summed E-state index contributed by atoms with van der Waals surface area (Å²) in [4.78, 5) is 11.6. The Labute approximate surface area is 102 Å². The highest BCUT2D eigenvalue weighted by Crippen LogP contribution is 2.06. The van der Waals surface area contributed by atoms with Crippen molar-refractivity contribution in [1.29, 1.82) is 0 Å². The molecule has 1 heterocycles. The zero-order valence-corrected chi connectivity index (χ0v) is 11.0. The Hall–Kier alpha value is -1.36. The minimum Gasteiger partial charge on any atom is -0.351 e. The summed E-state index contributed by atoms with van der Waals surface area (Å²) in [6.07, 6.45) is 2.20. The molecule has 0 fully saturated rings. The lowest BCUT2D eigenvalue weighted by Crippen LogP contribution is -2.41. The largest absolute Gasteiger partial charge is 0.351 e. The maximum Gasteiger partial charge on any atom is 0.221 e. The molecule has 1 rings (SSSR count). The second-order valence-electron chi connectivity index (χ2n) is 5.24. The molecule has 0 bridgehead atoms. The minimum absolute atomic E-state index is 0.0711. The average molecular weight is 238 g/mol. The van der Waals surface area contributed by atoms with Crippen molar-refractivity contribution in [2.24, 2.45) is 0 Å². The molecule has 0 aliphatic carbocycles. The number of carbonyl (C=O) groups excluding carboxylic acids is 1. The van der Waals surface area contributed by atoms with Crippen LogP contribution in [0.15, 0.2) is 12.3 Å². The molecule has 0 saturated heterocycles. The predicted molar refractivity (Wildman–Crippen MR) is 67.5 cm³/mol. The van der Waals surface area contributed by atoms with Crippen molar-refractivity contribution in [1.82, 2.24) is 20.8 Å². The van der Waals surface area contributed by atoms with Gasteiger partial charge in [0.1, 0.15) is 0 Å². The van der Waals surface area contributed by atoms with E-state index >= 15 is 0 Å². The van der Waals surface area contributed by atoms with Crippen LogP contribution in [-0.4, -0.2) is 28.2 Å². The van der Waals surface area contributed by atoms with E-state index in [0.29, 0.717) is 13.0 Å². The van der Waals surface area contributed by atoms with E-state index in [1.807, 2.05) is 33.8 Å². The lowest BCUT2D eigenvalue weighted by atomic mass is 10.1. The number of aromatic nitrogens is 2. The Bertz CT molecular complexity index is 340. The lowest BCUT2D eigenvalue weighted by Gasteiger charge is -2.20. The molecule has 1 aromatic rings. The first-order chi connectivity index (χ1) is 7.88. The van der Waals surface area contributed by atoms with Crippen molar-refractivity contribution in [2.45, 2.75) is 45.7 Å². The van der Waals surface area contributed by atoms with E-state index in [1.165, 1.54) is 0 Å². The van der Waals surface area contributed by atoms with Gasteiger partial charge in [0, 0.05) is 30.7 Å². The highest BCUT2D eigenvalue weighted by atomic mass is 16.1. The molecule has 0 aliphatic heterocycles. The summed E-state index contributed by atoms with van der Waals surface area (Å²) in [5.74, 6) is 0.0711. The van der Waals surface area contributed by atoms with Gasteiger partial charge in [-0.05, 0) is 33.8 Å². The Morgan fingerprint density at radius 3 is 2.76 bits per heavy atom. The van der Waals surface area contributed by atoms with E-state index in [4.69, 9.17) is 0 Å². The number of rotatable bonds is 5. The van der Waals surface area contributed by atoms with E-state index in [-0.39, 0.29) is 17.5 Å². The quantitative estimate of drug-likeness (QED) is 0.725. The molecule has 1 amide bonds. The molecule has 1 unspecified atom stereocenters. The van der Waals surface area contributed by atoms with Crippen LogP contribution < -0.4 is 10.6 Å². The molecular weight excluding hydrogens is 216 g/mol. The Morgan fingerprint density at radius 2 is 2.24 bits per heavy atom. The van der Waals surface area contributed by atoms with E-state index in [1.54, 1.807) is 6.20 Å². The zero-order valence-electron chi connectivity index (χ0n) is 11.0. The van der Waals surface area contributed by atoms with Crippen LogP contribution >= 0.6 is 0 Å². The van der Waals surface area contributed by atoms with Gasteiger partial charge in [-0.15, -0.1) is 0 Å². The molecule has 17 heavy (non-hydrogen) atoms. The van der Waals surface area contributed by atoms with Crippen LogP contribution in [-0.2, 0) is 4.79 Å². The molecule has 0 aliphatic rings. The first-order valence-electron chi connectivity index (χ1n) is 5.92. The van der Waals surface area contributed by atoms with Gasteiger partial charge < -0.3 is 10.6 Å². The molecule has 5 nitrogen and oxygen atoms in total. The number of carbonyl (C=O) groups is 1. The Morgan fingerprint density at radius 1 is 1.53 bits per heavy atom. The van der Waals surface area contributed by atoms with Crippen LogP contribution in [0.4, 0.5) is 0 Å². The maximum atomic E-state index is 11.6. The number of aromatic amines is 1. The monoisotopic (exact) mass is 238 g/mol. The summed E-state index contributed by atoms with van der Waals surface area (Å²) in [5.41, 5.74) is 0.868. The first-order valence-corrected chi connectivity index (χ1v) is 5.92. The van der Waals surface area contributed by atoms with E-state index < -0.39 is 0 Å².